The summed E-state index contributed by atoms with van der Waals surface area (Å²) >= 11 is 0. The zero-order valence-corrected chi connectivity index (χ0v) is 7.21. The van der Waals surface area contributed by atoms with E-state index in [0.29, 0.717) is 11.1 Å². The molecule has 12 heavy (non-hydrogen) atoms. The molecule has 0 saturated carbocycles. The van der Waals surface area contributed by atoms with Crippen molar-refractivity contribution in [3.63, 3.8) is 0 Å². The Morgan fingerprint density at radius 2 is 2.08 bits per heavy atom. The maximum absolute atomic E-state index is 10.9. The zero-order valence-electron chi connectivity index (χ0n) is 7.21. The van der Waals surface area contributed by atoms with E-state index >= 15 is 0 Å². The molecule has 1 aliphatic rings. The van der Waals surface area contributed by atoms with Crippen molar-refractivity contribution in [3.05, 3.63) is 11.1 Å². The lowest BCUT2D eigenvalue weighted by atomic mass is 10.2. The van der Waals surface area contributed by atoms with Crippen molar-refractivity contribution in [1.82, 2.24) is 0 Å². The summed E-state index contributed by atoms with van der Waals surface area (Å²) in [6, 6.07) is 0. The molecule has 0 N–H and O–H groups in total. The highest BCUT2D eigenvalue weighted by Gasteiger charge is 2.30. The molecule has 0 aromatic carbocycles. The van der Waals surface area contributed by atoms with E-state index in [1.807, 2.05) is 0 Å². The first-order chi connectivity index (χ1) is 5.52. The Labute approximate surface area is 70.1 Å². The SMILES string of the molecule is CC(=O)O[C@H]1OC(=O)C(C)=C1C. The molecular formula is C8H10O4. The van der Waals surface area contributed by atoms with E-state index in [0.717, 1.165) is 0 Å². The Bertz CT molecular complexity index is 264. The van der Waals surface area contributed by atoms with Gasteiger partial charge in [0.25, 0.3) is 6.29 Å². The van der Waals surface area contributed by atoms with Gasteiger partial charge in [-0.1, -0.05) is 0 Å². The molecule has 1 heterocycles. The Morgan fingerprint density at radius 3 is 2.42 bits per heavy atom. The van der Waals surface area contributed by atoms with Crippen LogP contribution in [0.4, 0.5) is 0 Å². The second-order valence-electron chi connectivity index (χ2n) is 2.65. The molecule has 4 heteroatoms. The summed E-state index contributed by atoms with van der Waals surface area (Å²) < 4.78 is 9.46. The number of carbonyl (C=O) groups excluding carboxylic acids is 2. The van der Waals surface area contributed by atoms with E-state index in [2.05, 4.69) is 0 Å². The summed E-state index contributed by atoms with van der Waals surface area (Å²) in [6.07, 6.45) is -0.810. The number of hydrogen-bond acceptors (Lipinski definition) is 4. The normalized spacial score (nSPS) is 22.6. The van der Waals surface area contributed by atoms with Crippen molar-refractivity contribution >= 4 is 11.9 Å². The van der Waals surface area contributed by atoms with Gasteiger partial charge < -0.3 is 9.47 Å². The van der Waals surface area contributed by atoms with Crippen LogP contribution in [0, 0.1) is 0 Å². The highest BCUT2D eigenvalue weighted by Crippen LogP contribution is 2.22. The zero-order chi connectivity index (χ0) is 9.30. The van der Waals surface area contributed by atoms with Crippen LogP contribution in [0.1, 0.15) is 20.8 Å². The van der Waals surface area contributed by atoms with Gasteiger partial charge in [-0.15, -0.1) is 0 Å². The van der Waals surface area contributed by atoms with Crippen molar-refractivity contribution in [1.29, 1.82) is 0 Å². The average Bonchev–Trinajstić information content (AvgIpc) is 2.17. The summed E-state index contributed by atoms with van der Waals surface area (Å²) in [7, 11) is 0. The Morgan fingerprint density at radius 1 is 1.50 bits per heavy atom. The fraction of sp³-hybridized carbons (Fsp3) is 0.500. The molecule has 0 radical (unpaired) electrons. The summed E-state index contributed by atoms with van der Waals surface area (Å²) in [5, 5.41) is 0. The monoisotopic (exact) mass is 170 g/mol. The van der Waals surface area contributed by atoms with Crippen molar-refractivity contribution < 1.29 is 19.1 Å². The molecule has 0 unspecified atom stereocenters. The average molecular weight is 170 g/mol. The molecule has 0 bridgehead atoms. The van der Waals surface area contributed by atoms with Gasteiger partial charge in [-0.2, -0.15) is 0 Å². The van der Waals surface area contributed by atoms with Crippen LogP contribution >= 0.6 is 0 Å². The third-order valence-corrected chi connectivity index (χ3v) is 1.74. The van der Waals surface area contributed by atoms with Crippen LogP contribution in [-0.2, 0) is 19.1 Å². The van der Waals surface area contributed by atoms with Crippen LogP contribution < -0.4 is 0 Å². The molecule has 0 amide bonds. The van der Waals surface area contributed by atoms with Gasteiger partial charge in [0.15, 0.2) is 0 Å². The standard InChI is InChI=1S/C8H10O4/c1-4-5(2)8(11-6(3)9)12-7(4)10/h8H,1-3H3/t8-/m0/s1. The first kappa shape index (κ1) is 8.77. The van der Waals surface area contributed by atoms with Crippen LogP contribution in [-0.4, -0.2) is 18.2 Å². The second kappa shape index (κ2) is 2.97. The number of hydrogen-bond donors (Lipinski definition) is 0. The van der Waals surface area contributed by atoms with Gasteiger partial charge in [0.1, 0.15) is 0 Å². The highest BCUT2D eigenvalue weighted by molar-refractivity contribution is 5.91. The minimum Gasteiger partial charge on any atom is -0.421 e. The van der Waals surface area contributed by atoms with Gasteiger partial charge in [-0.25, -0.2) is 4.79 Å². The number of cyclic esters (lactones) is 1. The highest BCUT2D eigenvalue weighted by atomic mass is 16.7. The van der Waals surface area contributed by atoms with E-state index in [-0.39, 0.29) is 0 Å². The topological polar surface area (TPSA) is 52.6 Å². The minimum absolute atomic E-state index is 0.418. The lowest BCUT2D eigenvalue weighted by molar-refractivity contribution is -0.172. The summed E-state index contributed by atoms with van der Waals surface area (Å²) in [6.45, 7) is 4.61. The van der Waals surface area contributed by atoms with Gasteiger partial charge >= 0.3 is 11.9 Å². The van der Waals surface area contributed by atoms with E-state index in [1.54, 1.807) is 13.8 Å². The first-order valence-corrected chi connectivity index (χ1v) is 3.58. The third kappa shape index (κ3) is 1.47. The predicted molar refractivity (Wildman–Crippen MR) is 40.0 cm³/mol. The number of carbonyl (C=O) groups is 2. The lowest BCUT2D eigenvalue weighted by Gasteiger charge is -2.10. The van der Waals surface area contributed by atoms with E-state index in [1.165, 1.54) is 6.92 Å². The van der Waals surface area contributed by atoms with Gasteiger partial charge in [-0.3, -0.25) is 4.79 Å². The van der Waals surface area contributed by atoms with E-state index in [9.17, 15) is 9.59 Å². The molecule has 1 aliphatic heterocycles. The van der Waals surface area contributed by atoms with Gasteiger partial charge in [0.05, 0.1) is 0 Å². The molecule has 66 valence electrons. The molecule has 0 aromatic heterocycles. The minimum atomic E-state index is -0.810. The molecule has 0 spiro atoms. The van der Waals surface area contributed by atoms with Gasteiger partial charge in [0, 0.05) is 18.1 Å². The third-order valence-electron chi connectivity index (χ3n) is 1.74. The van der Waals surface area contributed by atoms with Crippen LogP contribution in [0.2, 0.25) is 0 Å². The van der Waals surface area contributed by atoms with Crippen LogP contribution in [0.25, 0.3) is 0 Å². The second-order valence-corrected chi connectivity index (χ2v) is 2.65. The lowest BCUT2D eigenvalue weighted by Crippen LogP contribution is -2.17. The van der Waals surface area contributed by atoms with Crippen molar-refractivity contribution in [2.75, 3.05) is 0 Å². The van der Waals surface area contributed by atoms with E-state index in [4.69, 9.17) is 9.47 Å². The van der Waals surface area contributed by atoms with Crippen molar-refractivity contribution in [3.8, 4) is 0 Å². The molecule has 4 nitrogen and oxygen atoms in total. The maximum atomic E-state index is 10.9. The quantitative estimate of drug-likeness (QED) is 0.545. The van der Waals surface area contributed by atoms with Crippen LogP contribution in [0.15, 0.2) is 11.1 Å². The van der Waals surface area contributed by atoms with Crippen molar-refractivity contribution in [2.24, 2.45) is 0 Å². The predicted octanol–water partition coefficient (Wildman–Crippen LogP) is 0.769. The van der Waals surface area contributed by atoms with Crippen molar-refractivity contribution in [2.45, 2.75) is 27.1 Å². The molecule has 0 fully saturated rings. The smallest absolute Gasteiger partial charge is 0.337 e. The Hall–Kier alpha value is -1.32. The molecule has 1 rings (SSSR count). The molecular weight excluding hydrogens is 160 g/mol. The maximum Gasteiger partial charge on any atom is 0.337 e. The van der Waals surface area contributed by atoms with Crippen LogP contribution in [0.3, 0.4) is 0 Å². The molecule has 1 atom stereocenters. The Balaban J connectivity index is 2.73. The molecule has 0 aromatic rings. The summed E-state index contributed by atoms with van der Waals surface area (Å²) in [4.78, 5) is 21.4. The summed E-state index contributed by atoms with van der Waals surface area (Å²) in [5.74, 6) is -0.874. The Kier molecular flexibility index (Phi) is 2.17. The summed E-state index contributed by atoms with van der Waals surface area (Å²) in [5.41, 5.74) is 1.18. The number of ether oxygens (including phenoxy) is 2. The fourth-order valence-corrected chi connectivity index (χ4v) is 0.875. The molecule has 0 saturated heterocycles. The van der Waals surface area contributed by atoms with E-state index < -0.39 is 18.2 Å². The number of esters is 2. The molecule has 0 aliphatic carbocycles. The van der Waals surface area contributed by atoms with Gasteiger partial charge in [-0.05, 0) is 13.8 Å². The van der Waals surface area contributed by atoms with Crippen LogP contribution in [0.5, 0.6) is 0 Å². The fourth-order valence-electron chi connectivity index (χ4n) is 0.875. The van der Waals surface area contributed by atoms with Gasteiger partial charge in [0.2, 0.25) is 0 Å². The first-order valence-electron chi connectivity index (χ1n) is 3.58. The number of rotatable bonds is 1. The largest absolute Gasteiger partial charge is 0.421 e.